The number of aromatic hydroxyl groups is 1. The predicted octanol–water partition coefficient (Wildman–Crippen LogP) is 2.87. The summed E-state index contributed by atoms with van der Waals surface area (Å²) in [6.45, 7) is 0.938. The van der Waals surface area contributed by atoms with Gasteiger partial charge in [-0.2, -0.15) is 0 Å². The van der Waals surface area contributed by atoms with Gasteiger partial charge in [-0.1, -0.05) is 15.9 Å². The van der Waals surface area contributed by atoms with Gasteiger partial charge in [0.2, 0.25) is 5.91 Å². The zero-order valence-electron chi connectivity index (χ0n) is 11.4. The summed E-state index contributed by atoms with van der Waals surface area (Å²) in [5, 5.41) is 21.3. The predicted molar refractivity (Wildman–Crippen MR) is 81.4 cm³/mol. The molecule has 2 rings (SSSR count). The molecular weight excluding hydrogens is 340 g/mol. The number of amides is 2. The van der Waals surface area contributed by atoms with Crippen molar-refractivity contribution in [2.75, 3.05) is 18.4 Å². The lowest BCUT2D eigenvalue weighted by atomic mass is 9.93. The molecule has 7 heteroatoms. The second-order valence-corrected chi connectivity index (χ2v) is 6.04. The summed E-state index contributed by atoms with van der Waals surface area (Å²) < 4.78 is 0.735. The number of carbonyl (C=O) groups is 2. The van der Waals surface area contributed by atoms with Gasteiger partial charge in [-0.25, -0.2) is 4.79 Å². The van der Waals surface area contributed by atoms with Crippen LogP contribution >= 0.6 is 15.9 Å². The van der Waals surface area contributed by atoms with E-state index < -0.39 is 6.09 Å². The van der Waals surface area contributed by atoms with E-state index in [0.29, 0.717) is 38.0 Å². The van der Waals surface area contributed by atoms with Crippen molar-refractivity contribution in [1.82, 2.24) is 4.90 Å². The maximum atomic E-state index is 12.0. The molecule has 3 N–H and O–H groups in total. The normalized spacial score (nSPS) is 15.8. The average Bonchev–Trinajstić information content (AvgIpc) is 2.42. The number of likely N-dealkylation sites (tertiary alicyclic amines) is 1. The van der Waals surface area contributed by atoms with Crippen LogP contribution in [0.15, 0.2) is 22.7 Å². The van der Waals surface area contributed by atoms with Gasteiger partial charge >= 0.3 is 6.09 Å². The van der Waals surface area contributed by atoms with Gasteiger partial charge in [0, 0.05) is 24.0 Å². The van der Waals surface area contributed by atoms with Gasteiger partial charge in [-0.3, -0.25) is 4.79 Å². The van der Waals surface area contributed by atoms with Gasteiger partial charge in [0.05, 0.1) is 5.69 Å². The fraction of sp³-hybridized carbons (Fsp3) is 0.429. The third kappa shape index (κ3) is 4.35. The highest BCUT2D eigenvalue weighted by Crippen LogP contribution is 2.28. The molecule has 0 radical (unpaired) electrons. The number of halogens is 1. The van der Waals surface area contributed by atoms with E-state index in [1.807, 2.05) is 0 Å². The van der Waals surface area contributed by atoms with Crippen LogP contribution in [0.1, 0.15) is 19.3 Å². The molecule has 0 spiro atoms. The molecule has 114 valence electrons. The number of piperidine rings is 1. The molecule has 1 aromatic rings. The van der Waals surface area contributed by atoms with Crippen LogP contribution < -0.4 is 5.32 Å². The van der Waals surface area contributed by atoms with E-state index in [1.165, 1.54) is 11.0 Å². The summed E-state index contributed by atoms with van der Waals surface area (Å²) >= 11 is 3.23. The fourth-order valence-electron chi connectivity index (χ4n) is 2.40. The molecule has 0 unspecified atom stereocenters. The highest BCUT2D eigenvalue weighted by Gasteiger charge is 2.24. The molecule has 21 heavy (non-hydrogen) atoms. The Bertz CT molecular complexity index is 542. The Labute approximate surface area is 130 Å². The van der Waals surface area contributed by atoms with Crippen molar-refractivity contribution >= 4 is 33.6 Å². The lowest BCUT2D eigenvalue weighted by molar-refractivity contribution is -0.117. The maximum absolute atomic E-state index is 12.0. The first kappa shape index (κ1) is 15.6. The van der Waals surface area contributed by atoms with E-state index in [4.69, 9.17) is 5.11 Å². The van der Waals surface area contributed by atoms with Crippen LogP contribution in [0.5, 0.6) is 5.75 Å². The number of anilines is 1. The quantitative estimate of drug-likeness (QED) is 0.726. The molecule has 0 saturated carbocycles. The van der Waals surface area contributed by atoms with E-state index in [9.17, 15) is 14.7 Å². The Balaban J connectivity index is 1.84. The Morgan fingerprint density at radius 2 is 2.00 bits per heavy atom. The number of benzene rings is 1. The molecule has 0 atom stereocenters. The van der Waals surface area contributed by atoms with E-state index >= 15 is 0 Å². The summed E-state index contributed by atoms with van der Waals surface area (Å²) in [5.41, 5.74) is 0.381. The van der Waals surface area contributed by atoms with E-state index in [0.717, 1.165) is 4.47 Å². The highest BCUT2D eigenvalue weighted by atomic mass is 79.9. The van der Waals surface area contributed by atoms with Crippen molar-refractivity contribution in [3.8, 4) is 5.75 Å². The number of rotatable bonds is 3. The molecule has 1 saturated heterocycles. The van der Waals surface area contributed by atoms with Crippen LogP contribution in [0.3, 0.4) is 0 Å². The standard InChI is InChI=1S/C14H17BrN2O4/c15-10-1-2-11(12(18)8-10)16-13(19)7-9-3-5-17(6-4-9)14(20)21/h1-2,8-9,18H,3-7H2,(H,16,19)(H,20,21). The minimum Gasteiger partial charge on any atom is -0.506 e. The second-order valence-electron chi connectivity index (χ2n) is 5.13. The summed E-state index contributed by atoms with van der Waals surface area (Å²) in [7, 11) is 0. The van der Waals surface area contributed by atoms with Gasteiger partial charge in [-0.15, -0.1) is 0 Å². The third-order valence-electron chi connectivity index (χ3n) is 3.59. The number of hydrogen-bond acceptors (Lipinski definition) is 3. The molecule has 1 fully saturated rings. The number of hydrogen-bond donors (Lipinski definition) is 3. The first-order chi connectivity index (χ1) is 9.95. The summed E-state index contributed by atoms with van der Waals surface area (Å²) in [4.78, 5) is 24.1. The molecule has 0 aliphatic carbocycles. The largest absolute Gasteiger partial charge is 0.506 e. The van der Waals surface area contributed by atoms with E-state index in [1.54, 1.807) is 12.1 Å². The van der Waals surface area contributed by atoms with Crippen molar-refractivity contribution in [3.05, 3.63) is 22.7 Å². The smallest absolute Gasteiger partial charge is 0.407 e. The molecular formula is C14H17BrN2O4. The zero-order valence-corrected chi connectivity index (χ0v) is 13.0. The minimum absolute atomic E-state index is 0.0124. The van der Waals surface area contributed by atoms with Crippen LogP contribution in [0, 0.1) is 5.92 Å². The topological polar surface area (TPSA) is 89.9 Å². The average molecular weight is 357 g/mol. The molecule has 2 amide bonds. The van der Waals surface area contributed by atoms with Crippen LogP contribution in [-0.2, 0) is 4.79 Å². The first-order valence-corrected chi connectivity index (χ1v) is 7.51. The molecule has 1 aromatic carbocycles. The second kappa shape index (κ2) is 6.80. The monoisotopic (exact) mass is 356 g/mol. The van der Waals surface area contributed by atoms with Crippen LogP contribution in [0.4, 0.5) is 10.5 Å². The van der Waals surface area contributed by atoms with Gasteiger partial charge in [0.15, 0.2) is 0 Å². The fourth-order valence-corrected chi connectivity index (χ4v) is 2.75. The molecule has 6 nitrogen and oxygen atoms in total. The molecule has 1 heterocycles. The summed E-state index contributed by atoms with van der Waals surface area (Å²) in [6, 6.07) is 4.88. The maximum Gasteiger partial charge on any atom is 0.407 e. The van der Waals surface area contributed by atoms with Crippen molar-refractivity contribution < 1.29 is 19.8 Å². The Morgan fingerprint density at radius 1 is 1.33 bits per heavy atom. The first-order valence-electron chi connectivity index (χ1n) is 6.72. The molecule has 0 aromatic heterocycles. The SMILES string of the molecule is O=C(CC1CCN(C(=O)O)CC1)Nc1ccc(Br)cc1O. The lowest BCUT2D eigenvalue weighted by Gasteiger charge is -2.29. The number of carbonyl (C=O) groups excluding carboxylic acids is 1. The van der Waals surface area contributed by atoms with E-state index in [2.05, 4.69) is 21.2 Å². The Kier molecular flexibility index (Phi) is 5.06. The van der Waals surface area contributed by atoms with Gasteiger partial charge in [0.1, 0.15) is 5.75 Å². The molecule has 1 aliphatic heterocycles. The van der Waals surface area contributed by atoms with Crippen LogP contribution in [-0.4, -0.2) is 40.2 Å². The summed E-state index contributed by atoms with van der Waals surface area (Å²) in [5.74, 6) is 0.0259. The summed E-state index contributed by atoms with van der Waals surface area (Å²) in [6.07, 6.45) is 0.804. The van der Waals surface area contributed by atoms with Gasteiger partial charge in [0.25, 0.3) is 0 Å². The van der Waals surface area contributed by atoms with Crippen molar-refractivity contribution in [2.45, 2.75) is 19.3 Å². The van der Waals surface area contributed by atoms with Crippen molar-refractivity contribution in [3.63, 3.8) is 0 Å². The lowest BCUT2D eigenvalue weighted by Crippen LogP contribution is -2.38. The number of nitrogens with one attached hydrogen (secondary N) is 1. The number of phenols is 1. The van der Waals surface area contributed by atoms with Crippen LogP contribution in [0.2, 0.25) is 0 Å². The Hall–Kier alpha value is -1.76. The number of carboxylic acid groups (broad SMARTS) is 1. The van der Waals surface area contributed by atoms with Gasteiger partial charge in [-0.05, 0) is 37.0 Å². The van der Waals surface area contributed by atoms with Crippen molar-refractivity contribution in [2.24, 2.45) is 5.92 Å². The van der Waals surface area contributed by atoms with Crippen molar-refractivity contribution in [1.29, 1.82) is 0 Å². The number of nitrogens with zero attached hydrogens (tertiary/aromatic N) is 1. The van der Waals surface area contributed by atoms with Crippen LogP contribution in [0.25, 0.3) is 0 Å². The Morgan fingerprint density at radius 3 is 2.57 bits per heavy atom. The minimum atomic E-state index is -0.905. The number of phenolic OH excluding ortho intramolecular Hbond substituents is 1. The molecule has 0 bridgehead atoms. The highest BCUT2D eigenvalue weighted by molar-refractivity contribution is 9.10. The third-order valence-corrected chi connectivity index (χ3v) is 4.09. The van der Waals surface area contributed by atoms with Gasteiger partial charge < -0.3 is 20.4 Å². The molecule has 1 aliphatic rings. The zero-order chi connectivity index (χ0) is 15.4. The van der Waals surface area contributed by atoms with E-state index in [-0.39, 0.29) is 17.6 Å².